The number of aromatic nitrogens is 1. The Balaban J connectivity index is 1.78. The first kappa shape index (κ1) is 18.5. The van der Waals surface area contributed by atoms with Crippen LogP contribution >= 0.6 is 0 Å². The number of carbonyl (C=O) groups is 1. The van der Waals surface area contributed by atoms with E-state index in [0.717, 1.165) is 33.9 Å². The molecule has 2 aromatic carbocycles. The Morgan fingerprint density at radius 3 is 2.63 bits per heavy atom. The van der Waals surface area contributed by atoms with Gasteiger partial charge in [0, 0.05) is 11.9 Å². The highest BCUT2D eigenvalue weighted by Gasteiger charge is 2.10. The predicted molar refractivity (Wildman–Crippen MR) is 109 cm³/mol. The van der Waals surface area contributed by atoms with Crippen LogP contribution in [0.3, 0.4) is 0 Å². The summed E-state index contributed by atoms with van der Waals surface area (Å²) in [4.78, 5) is 16.8. The number of benzene rings is 2. The number of aryl methyl sites for hydroxylation is 2. The normalized spacial score (nSPS) is 10.3. The zero-order valence-electron chi connectivity index (χ0n) is 15.7. The van der Waals surface area contributed by atoms with Crippen LogP contribution in [0.4, 0.5) is 17.1 Å². The van der Waals surface area contributed by atoms with Gasteiger partial charge in [0.15, 0.2) is 0 Å². The highest BCUT2D eigenvalue weighted by atomic mass is 16.5. The van der Waals surface area contributed by atoms with E-state index in [0.29, 0.717) is 12.2 Å². The van der Waals surface area contributed by atoms with Crippen LogP contribution < -0.4 is 15.4 Å². The lowest BCUT2D eigenvalue weighted by atomic mass is 10.1. The Hall–Kier alpha value is -3.34. The van der Waals surface area contributed by atoms with Crippen molar-refractivity contribution in [2.75, 3.05) is 17.2 Å². The highest BCUT2D eigenvalue weighted by Crippen LogP contribution is 2.27. The van der Waals surface area contributed by atoms with Gasteiger partial charge in [-0.05, 0) is 50.6 Å². The summed E-state index contributed by atoms with van der Waals surface area (Å²) in [5.74, 6) is 0.557. The van der Waals surface area contributed by atoms with E-state index in [2.05, 4.69) is 15.6 Å². The molecule has 0 aliphatic heterocycles. The molecule has 0 bridgehead atoms. The lowest BCUT2D eigenvalue weighted by Gasteiger charge is -2.13. The predicted octanol–water partition coefficient (Wildman–Crippen LogP) is 5.09. The Morgan fingerprint density at radius 2 is 1.85 bits per heavy atom. The van der Waals surface area contributed by atoms with Crippen LogP contribution in [0.2, 0.25) is 0 Å². The van der Waals surface area contributed by atoms with Gasteiger partial charge in [0.05, 0.1) is 29.7 Å². The van der Waals surface area contributed by atoms with Crippen molar-refractivity contribution in [2.45, 2.75) is 20.8 Å². The number of hydrogen-bond acceptors (Lipinski definition) is 4. The molecule has 5 heteroatoms. The zero-order valence-corrected chi connectivity index (χ0v) is 15.7. The van der Waals surface area contributed by atoms with Gasteiger partial charge in [-0.15, -0.1) is 0 Å². The van der Waals surface area contributed by atoms with E-state index >= 15 is 0 Å². The number of rotatable bonds is 6. The molecule has 0 unspecified atom stereocenters. The maximum atomic E-state index is 12.6. The molecule has 0 radical (unpaired) electrons. The third-order valence-electron chi connectivity index (χ3n) is 4.10. The molecule has 27 heavy (non-hydrogen) atoms. The second-order valence-corrected chi connectivity index (χ2v) is 6.29. The Labute approximate surface area is 159 Å². The molecule has 0 saturated carbocycles. The van der Waals surface area contributed by atoms with Gasteiger partial charge in [-0.2, -0.15) is 0 Å². The third kappa shape index (κ3) is 4.64. The number of ether oxygens (including phenoxy) is 1. The summed E-state index contributed by atoms with van der Waals surface area (Å²) in [6, 6.07) is 15.4. The first-order valence-corrected chi connectivity index (χ1v) is 8.89. The molecule has 5 nitrogen and oxygen atoms in total. The standard InChI is InChI=1S/C22H23N3O2/c1-4-27-21-8-6-5-7-20(21)24-18-12-17(13-23-14-18)22(26)25-19-10-9-15(2)11-16(19)3/h5-14,24H,4H2,1-3H3,(H,25,26). The summed E-state index contributed by atoms with van der Waals surface area (Å²) >= 11 is 0. The quantitative estimate of drug-likeness (QED) is 0.642. The summed E-state index contributed by atoms with van der Waals surface area (Å²) in [7, 11) is 0. The van der Waals surface area contributed by atoms with Gasteiger partial charge in [0.2, 0.25) is 0 Å². The van der Waals surface area contributed by atoms with Crippen LogP contribution in [-0.4, -0.2) is 17.5 Å². The minimum Gasteiger partial charge on any atom is -0.492 e. The van der Waals surface area contributed by atoms with E-state index < -0.39 is 0 Å². The van der Waals surface area contributed by atoms with Crippen molar-refractivity contribution in [3.05, 3.63) is 77.6 Å². The van der Waals surface area contributed by atoms with Crippen molar-refractivity contribution in [3.63, 3.8) is 0 Å². The average Bonchev–Trinajstić information content (AvgIpc) is 2.66. The maximum absolute atomic E-state index is 12.6. The number of carbonyl (C=O) groups excluding carboxylic acids is 1. The minimum atomic E-state index is -0.198. The number of anilines is 3. The number of para-hydroxylation sites is 2. The summed E-state index contributed by atoms with van der Waals surface area (Å²) in [6.07, 6.45) is 3.23. The fourth-order valence-electron chi connectivity index (χ4n) is 2.79. The fourth-order valence-corrected chi connectivity index (χ4v) is 2.79. The van der Waals surface area contributed by atoms with Crippen molar-refractivity contribution in [2.24, 2.45) is 0 Å². The second kappa shape index (κ2) is 8.36. The number of pyridine rings is 1. The minimum absolute atomic E-state index is 0.198. The molecule has 0 saturated heterocycles. The molecule has 0 aliphatic carbocycles. The highest BCUT2D eigenvalue weighted by molar-refractivity contribution is 6.05. The molecule has 0 fully saturated rings. The number of nitrogens with zero attached hydrogens (tertiary/aromatic N) is 1. The second-order valence-electron chi connectivity index (χ2n) is 6.29. The molecule has 3 rings (SSSR count). The van der Waals surface area contributed by atoms with Gasteiger partial charge in [-0.3, -0.25) is 9.78 Å². The van der Waals surface area contributed by atoms with Crippen LogP contribution in [0.25, 0.3) is 0 Å². The Morgan fingerprint density at radius 1 is 1.04 bits per heavy atom. The van der Waals surface area contributed by atoms with Crippen LogP contribution in [0.5, 0.6) is 5.75 Å². The largest absolute Gasteiger partial charge is 0.492 e. The van der Waals surface area contributed by atoms with E-state index in [1.807, 2.05) is 63.2 Å². The Bertz CT molecular complexity index is 954. The first-order valence-electron chi connectivity index (χ1n) is 8.89. The Kier molecular flexibility index (Phi) is 5.71. The van der Waals surface area contributed by atoms with Crippen molar-refractivity contribution < 1.29 is 9.53 Å². The summed E-state index contributed by atoms with van der Waals surface area (Å²) in [5, 5.41) is 6.21. The van der Waals surface area contributed by atoms with E-state index in [1.165, 1.54) is 0 Å². The van der Waals surface area contributed by atoms with Crippen molar-refractivity contribution in [1.29, 1.82) is 0 Å². The molecule has 3 aromatic rings. The topological polar surface area (TPSA) is 63.2 Å². The lowest BCUT2D eigenvalue weighted by Crippen LogP contribution is -2.13. The van der Waals surface area contributed by atoms with Crippen molar-refractivity contribution in [1.82, 2.24) is 4.98 Å². The molecular weight excluding hydrogens is 338 g/mol. The molecule has 138 valence electrons. The van der Waals surface area contributed by atoms with Crippen LogP contribution in [-0.2, 0) is 0 Å². The molecule has 1 amide bonds. The number of hydrogen-bond donors (Lipinski definition) is 2. The van der Waals surface area contributed by atoms with E-state index in [-0.39, 0.29) is 5.91 Å². The lowest BCUT2D eigenvalue weighted by molar-refractivity contribution is 0.102. The van der Waals surface area contributed by atoms with Crippen LogP contribution in [0, 0.1) is 13.8 Å². The molecule has 1 aromatic heterocycles. The molecule has 0 atom stereocenters. The van der Waals surface area contributed by atoms with Gasteiger partial charge in [-0.25, -0.2) is 0 Å². The van der Waals surface area contributed by atoms with Gasteiger partial charge >= 0.3 is 0 Å². The van der Waals surface area contributed by atoms with Crippen LogP contribution in [0.1, 0.15) is 28.4 Å². The van der Waals surface area contributed by atoms with Gasteiger partial charge in [0.1, 0.15) is 5.75 Å². The van der Waals surface area contributed by atoms with E-state index in [1.54, 1.807) is 18.5 Å². The number of nitrogens with one attached hydrogen (secondary N) is 2. The smallest absolute Gasteiger partial charge is 0.257 e. The van der Waals surface area contributed by atoms with Gasteiger partial charge in [0.25, 0.3) is 5.91 Å². The van der Waals surface area contributed by atoms with E-state index in [9.17, 15) is 4.79 Å². The SMILES string of the molecule is CCOc1ccccc1Nc1cncc(C(=O)Nc2ccc(C)cc2C)c1. The van der Waals surface area contributed by atoms with Crippen molar-refractivity contribution in [3.8, 4) is 5.75 Å². The molecule has 0 aliphatic rings. The molecule has 0 spiro atoms. The van der Waals surface area contributed by atoms with Gasteiger partial charge < -0.3 is 15.4 Å². The summed E-state index contributed by atoms with van der Waals surface area (Å²) < 4.78 is 5.63. The summed E-state index contributed by atoms with van der Waals surface area (Å²) in [6.45, 7) is 6.52. The average molecular weight is 361 g/mol. The van der Waals surface area contributed by atoms with Crippen molar-refractivity contribution >= 4 is 23.0 Å². The van der Waals surface area contributed by atoms with Crippen LogP contribution in [0.15, 0.2) is 60.9 Å². The monoisotopic (exact) mass is 361 g/mol. The third-order valence-corrected chi connectivity index (χ3v) is 4.10. The number of amides is 1. The summed E-state index contributed by atoms with van der Waals surface area (Å²) in [5.41, 5.74) is 5.01. The molecule has 1 heterocycles. The van der Waals surface area contributed by atoms with Gasteiger partial charge in [-0.1, -0.05) is 29.8 Å². The first-order chi connectivity index (χ1) is 13.1. The maximum Gasteiger partial charge on any atom is 0.257 e. The molecular formula is C22H23N3O2. The fraction of sp³-hybridized carbons (Fsp3) is 0.182. The van der Waals surface area contributed by atoms with E-state index in [4.69, 9.17) is 4.74 Å². The zero-order chi connectivity index (χ0) is 19.2. The molecule has 2 N–H and O–H groups in total.